The van der Waals surface area contributed by atoms with Gasteiger partial charge in [-0.25, -0.2) is 4.98 Å². The number of aromatic nitrogens is 1. The molecule has 0 saturated carbocycles. The summed E-state index contributed by atoms with van der Waals surface area (Å²) in [5.74, 6) is 0.126. The van der Waals surface area contributed by atoms with Gasteiger partial charge in [-0.1, -0.05) is 55.5 Å². The molecule has 1 amide bonds. The fourth-order valence-corrected chi connectivity index (χ4v) is 4.37. The van der Waals surface area contributed by atoms with Crippen LogP contribution in [-0.4, -0.2) is 46.9 Å². The summed E-state index contributed by atoms with van der Waals surface area (Å²) < 4.78 is 0. The van der Waals surface area contributed by atoms with Crippen molar-refractivity contribution in [1.82, 2.24) is 14.8 Å². The second-order valence-corrected chi connectivity index (χ2v) is 8.01. The lowest BCUT2D eigenvalue weighted by Gasteiger charge is -2.34. The first-order valence-electron chi connectivity index (χ1n) is 9.84. The summed E-state index contributed by atoms with van der Waals surface area (Å²) in [5, 5.41) is 3.35. The first kappa shape index (κ1) is 18.8. The maximum atomic E-state index is 13.2. The Morgan fingerprint density at radius 2 is 1.71 bits per heavy atom. The molecule has 0 spiro atoms. The van der Waals surface area contributed by atoms with Gasteiger partial charge in [-0.3, -0.25) is 9.69 Å². The minimum absolute atomic E-state index is 0.126. The summed E-state index contributed by atoms with van der Waals surface area (Å²) in [6.07, 6.45) is 0.994. The number of hydrogen-bond acceptors (Lipinski definition) is 4. The molecule has 1 aromatic heterocycles. The van der Waals surface area contributed by atoms with E-state index in [1.54, 1.807) is 11.3 Å². The third-order valence-electron chi connectivity index (χ3n) is 5.19. The third kappa shape index (κ3) is 4.16. The maximum Gasteiger partial charge on any atom is 0.254 e. The normalized spacial score (nSPS) is 15.0. The van der Waals surface area contributed by atoms with Crippen molar-refractivity contribution in [3.8, 4) is 11.1 Å². The molecule has 1 aliphatic heterocycles. The molecule has 4 nitrogen and oxygen atoms in total. The van der Waals surface area contributed by atoms with Crippen molar-refractivity contribution in [2.45, 2.75) is 19.9 Å². The van der Waals surface area contributed by atoms with Gasteiger partial charge in [-0.05, 0) is 23.6 Å². The Morgan fingerprint density at radius 3 is 2.43 bits per heavy atom. The van der Waals surface area contributed by atoms with Gasteiger partial charge in [0.15, 0.2) is 0 Å². The predicted octanol–water partition coefficient (Wildman–Crippen LogP) is 4.33. The van der Waals surface area contributed by atoms with Gasteiger partial charge in [-0.2, -0.15) is 0 Å². The first-order chi connectivity index (χ1) is 13.7. The van der Waals surface area contributed by atoms with E-state index >= 15 is 0 Å². The average Bonchev–Trinajstić information content (AvgIpc) is 3.22. The quantitative estimate of drug-likeness (QED) is 0.649. The van der Waals surface area contributed by atoms with E-state index in [9.17, 15) is 4.79 Å². The first-order valence-corrected chi connectivity index (χ1v) is 10.7. The number of nitrogens with zero attached hydrogens (tertiary/aromatic N) is 3. The van der Waals surface area contributed by atoms with E-state index in [2.05, 4.69) is 34.3 Å². The largest absolute Gasteiger partial charge is 0.336 e. The van der Waals surface area contributed by atoms with Crippen LogP contribution in [0.4, 0.5) is 0 Å². The van der Waals surface area contributed by atoms with Crippen LogP contribution in [-0.2, 0) is 13.0 Å². The van der Waals surface area contributed by atoms with E-state index in [1.165, 1.54) is 5.01 Å². The van der Waals surface area contributed by atoms with Crippen LogP contribution in [0.3, 0.4) is 0 Å². The van der Waals surface area contributed by atoms with Crippen molar-refractivity contribution in [1.29, 1.82) is 0 Å². The fourth-order valence-electron chi connectivity index (χ4n) is 3.63. The molecule has 0 atom stereocenters. The van der Waals surface area contributed by atoms with E-state index in [-0.39, 0.29) is 5.91 Å². The zero-order chi connectivity index (χ0) is 19.3. The standard InChI is InChI=1S/C23H25N3OS/c1-2-22-24-19(17-28-22)16-25-12-14-26(15-13-25)23(27)21-11-7-6-10-20(21)18-8-4-3-5-9-18/h3-11,17H,2,12-16H2,1H3. The number of thiazole rings is 1. The lowest BCUT2D eigenvalue weighted by atomic mass is 9.98. The van der Waals surface area contributed by atoms with Gasteiger partial charge in [-0.15, -0.1) is 11.3 Å². The number of rotatable bonds is 5. The Hall–Kier alpha value is -2.50. The molecule has 5 heteroatoms. The Balaban J connectivity index is 1.42. The molecule has 0 unspecified atom stereocenters. The molecule has 0 aliphatic carbocycles. The van der Waals surface area contributed by atoms with Crippen molar-refractivity contribution in [2.24, 2.45) is 0 Å². The number of carbonyl (C=O) groups excluding carboxylic acids is 1. The van der Waals surface area contributed by atoms with Crippen molar-refractivity contribution >= 4 is 17.2 Å². The third-order valence-corrected chi connectivity index (χ3v) is 6.23. The topological polar surface area (TPSA) is 36.4 Å². The van der Waals surface area contributed by atoms with Crippen LogP contribution in [0.1, 0.15) is 28.0 Å². The molecule has 144 valence electrons. The second-order valence-electron chi connectivity index (χ2n) is 7.07. The highest BCUT2D eigenvalue weighted by Gasteiger charge is 2.24. The van der Waals surface area contributed by atoms with E-state index in [1.807, 2.05) is 47.4 Å². The smallest absolute Gasteiger partial charge is 0.254 e. The molecule has 4 rings (SSSR count). The number of benzene rings is 2. The summed E-state index contributed by atoms with van der Waals surface area (Å²) in [6.45, 7) is 6.30. The molecule has 0 bridgehead atoms. The maximum absolute atomic E-state index is 13.2. The van der Waals surface area contributed by atoms with Gasteiger partial charge in [0, 0.05) is 43.7 Å². The van der Waals surface area contributed by atoms with Gasteiger partial charge in [0.2, 0.25) is 0 Å². The Labute approximate surface area is 170 Å². The summed E-state index contributed by atoms with van der Waals surface area (Å²) in [6, 6.07) is 18.1. The van der Waals surface area contributed by atoms with Crippen molar-refractivity contribution in [3.05, 3.63) is 76.2 Å². The molecular weight excluding hydrogens is 366 g/mol. The van der Waals surface area contributed by atoms with Crippen LogP contribution in [0.5, 0.6) is 0 Å². The van der Waals surface area contributed by atoms with Crippen molar-refractivity contribution in [3.63, 3.8) is 0 Å². The molecule has 1 saturated heterocycles. The molecule has 0 radical (unpaired) electrons. The Kier molecular flexibility index (Phi) is 5.84. The highest BCUT2D eigenvalue weighted by Crippen LogP contribution is 2.25. The number of carbonyl (C=O) groups is 1. The van der Waals surface area contributed by atoms with Crippen molar-refractivity contribution < 1.29 is 4.79 Å². The van der Waals surface area contributed by atoms with E-state index in [0.717, 1.165) is 61.5 Å². The molecular formula is C23H25N3OS. The minimum atomic E-state index is 0.126. The van der Waals surface area contributed by atoms with E-state index in [0.29, 0.717) is 0 Å². The number of aryl methyl sites for hydroxylation is 1. The number of amides is 1. The van der Waals surface area contributed by atoms with Gasteiger partial charge >= 0.3 is 0 Å². The zero-order valence-electron chi connectivity index (χ0n) is 16.2. The lowest BCUT2D eigenvalue weighted by Crippen LogP contribution is -2.48. The molecule has 3 aromatic rings. The van der Waals surface area contributed by atoms with Crippen LogP contribution in [0.15, 0.2) is 60.0 Å². The fraction of sp³-hybridized carbons (Fsp3) is 0.304. The lowest BCUT2D eigenvalue weighted by molar-refractivity contribution is 0.0628. The van der Waals surface area contributed by atoms with Crippen LogP contribution in [0.2, 0.25) is 0 Å². The molecule has 1 fully saturated rings. The SMILES string of the molecule is CCc1nc(CN2CCN(C(=O)c3ccccc3-c3ccccc3)CC2)cs1. The number of piperazine rings is 1. The van der Waals surface area contributed by atoms with Crippen LogP contribution >= 0.6 is 11.3 Å². The second kappa shape index (κ2) is 8.67. The van der Waals surface area contributed by atoms with Crippen LogP contribution < -0.4 is 0 Å². The van der Waals surface area contributed by atoms with Gasteiger partial charge in [0.1, 0.15) is 0 Å². The molecule has 2 heterocycles. The highest BCUT2D eigenvalue weighted by molar-refractivity contribution is 7.09. The zero-order valence-corrected chi connectivity index (χ0v) is 17.0. The van der Waals surface area contributed by atoms with Crippen LogP contribution in [0, 0.1) is 0 Å². The highest BCUT2D eigenvalue weighted by atomic mass is 32.1. The van der Waals surface area contributed by atoms with Crippen LogP contribution in [0.25, 0.3) is 11.1 Å². The van der Waals surface area contributed by atoms with Gasteiger partial charge < -0.3 is 4.90 Å². The van der Waals surface area contributed by atoms with E-state index < -0.39 is 0 Å². The van der Waals surface area contributed by atoms with Crippen molar-refractivity contribution in [2.75, 3.05) is 26.2 Å². The Morgan fingerprint density at radius 1 is 1.00 bits per heavy atom. The molecule has 1 aliphatic rings. The van der Waals surface area contributed by atoms with Gasteiger partial charge in [0.05, 0.1) is 10.7 Å². The van der Waals surface area contributed by atoms with Gasteiger partial charge in [0.25, 0.3) is 5.91 Å². The predicted molar refractivity (Wildman–Crippen MR) is 115 cm³/mol. The minimum Gasteiger partial charge on any atom is -0.336 e. The number of hydrogen-bond donors (Lipinski definition) is 0. The molecule has 28 heavy (non-hydrogen) atoms. The summed E-state index contributed by atoms with van der Waals surface area (Å²) in [5.41, 5.74) is 4.02. The molecule has 0 N–H and O–H groups in total. The summed E-state index contributed by atoms with van der Waals surface area (Å²) >= 11 is 1.74. The molecule has 2 aromatic carbocycles. The summed E-state index contributed by atoms with van der Waals surface area (Å²) in [7, 11) is 0. The summed E-state index contributed by atoms with van der Waals surface area (Å²) in [4.78, 5) is 22.2. The average molecular weight is 392 g/mol. The Bertz CT molecular complexity index is 930. The van der Waals surface area contributed by atoms with E-state index in [4.69, 9.17) is 0 Å². The monoisotopic (exact) mass is 391 g/mol.